The molecule has 0 unspecified atom stereocenters. The number of likely N-dealkylation sites (tertiary alicyclic amines) is 1. The standard InChI is InChI=1S/C11H11N3/c1-2-14-7-10(8-14)9-3-4-11(5-12)13-6-9/h2-4,6,10H,1,7-8H2. The van der Waals surface area contributed by atoms with Crippen molar-refractivity contribution in [3.05, 3.63) is 42.4 Å². The first kappa shape index (κ1) is 8.76. The maximum Gasteiger partial charge on any atom is 0.140 e. The number of nitrogens with zero attached hydrogens (tertiary/aromatic N) is 3. The van der Waals surface area contributed by atoms with Crippen molar-refractivity contribution < 1.29 is 0 Å². The smallest absolute Gasteiger partial charge is 0.140 e. The molecular formula is C11H11N3. The fourth-order valence-electron chi connectivity index (χ4n) is 1.59. The average molecular weight is 185 g/mol. The number of pyridine rings is 1. The Bertz CT molecular complexity index is 369. The van der Waals surface area contributed by atoms with E-state index < -0.39 is 0 Å². The van der Waals surface area contributed by atoms with E-state index in [0.717, 1.165) is 13.1 Å². The van der Waals surface area contributed by atoms with Crippen molar-refractivity contribution in [3.8, 4) is 6.07 Å². The minimum atomic E-state index is 0.480. The molecule has 0 spiro atoms. The molecule has 0 aromatic carbocycles. The van der Waals surface area contributed by atoms with Gasteiger partial charge in [-0.1, -0.05) is 12.6 Å². The molecule has 1 aromatic rings. The first-order valence-corrected chi connectivity index (χ1v) is 4.56. The second-order valence-corrected chi connectivity index (χ2v) is 3.42. The summed E-state index contributed by atoms with van der Waals surface area (Å²) in [5.41, 5.74) is 1.69. The van der Waals surface area contributed by atoms with Gasteiger partial charge >= 0.3 is 0 Å². The van der Waals surface area contributed by atoms with Crippen molar-refractivity contribution in [2.75, 3.05) is 13.1 Å². The molecular weight excluding hydrogens is 174 g/mol. The second-order valence-electron chi connectivity index (χ2n) is 3.42. The van der Waals surface area contributed by atoms with Crippen molar-refractivity contribution in [3.63, 3.8) is 0 Å². The van der Waals surface area contributed by atoms with E-state index in [4.69, 9.17) is 5.26 Å². The minimum Gasteiger partial charge on any atom is -0.377 e. The molecule has 2 rings (SSSR count). The summed E-state index contributed by atoms with van der Waals surface area (Å²) in [5, 5.41) is 8.58. The van der Waals surface area contributed by atoms with E-state index >= 15 is 0 Å². The molecule has 0 saturated carbocycles. The van der Waals surface area contributed by atoms with E-state index in [1.165, 1.54) is 5.56 Å². The van der Waals surface area contributed by atoms with Gasteiger partial charge in [0.15, 0.2) is 0 Å². The molecule has 1 aromatic heterocycles. The van der Waals surface area contributed by atoms with Crippen molar-refractivity contribution in [2.24, 2.45) is 0 Å². The lowest BCUT2D eigenvalue weighted by Crippen LogP contribution is -2.40. The third-order valence-corrected chi connectivity index (χ3v) is 2.54. The third-order valence-electron chi connectivity index (χ3n) is 2.54. The highest BCUT2D eigenvalue weighted by molar-refractivity contribution is 5.27. The Kier molecular flexibility index (Phi) is 2.19. The molecule has 0 bridgehead atoms. The Hall–Kier alpha value is -1.82. The molecule has 1 aliphatic heterocycles. The van der Waals surface area contributed by atoms with Crippen LogP contribution in [0.5, 0.6) is 0 Å². The van der Waals surface area contributed by atoms with Gasteiger partial charge in [0.1, 0.15) is 11.8 Å². The zero-order valence-corrected chi connectivity index (χ0v) is 7.85. The van der Waals surface area contributed by atoms with E-state index in [1.54, 1.807) is 12.3 Å². The zero-order valence-electron chi connectivity index (χ0n) is 7.85. The summed E-state index contributed by atoms with van der Waals surface area (Å²) < 4.78 is 0. The topological polar surface area (TPSA) is 39.9 Å². The van der Waals surface area contributed by atoms with Crippen LogP contribution in [-0.4, -0.2) is 23.0 Å². The van der Waals surface area contributed by atoms with Crippen molar-refractivity contribution >= 4 is 0 Å². The Morgan fingerprint density at radius 3 is 2.86 bits per heavy atom. The predicted octanol–water partition coefficient (Wildman–Crippen LogP) is 1.50. The quantitative estimate of drug-likeness (QED) is 0.701. The first-order chi connectivity index (χ1) is 6.83. The van der Waals surface area contributed by atoms with Crippen molar-refractivity contribution in [1.82, 2.24) is 9.88 Å². The van der Waals surface area contributed by atoms with Gasteiger partial charge in [0.25, 0.3) is 0 Å². The Morgan fingerprint density at radius 2 is 2.36 bits per heavy atom. The van der Waals surface area contributed by atoms with E-state index in [2.05, 4.69) is 16.5 Å². The summed E-state index contributed by atoms with van der Waals surface area (Å²) in [5.74, 6) is 0.549. The molecule has 0 aliphatic carbocycles. The number of hydrogen-bond donors (Lipinski definition) is 0. The summed E-state index contributed by atoms with van der Waals surface area (Å²) in [6.07, 6.45) is 3.65. The molecule has 70 valence electrons. The van der Waals surface area contributed by atoms with Crippen LogP contribution in [0.2, 0.25) is 0 Å². The van der Waals surface area contributed by atoms with Crippen LogP contribution in [0, 0.1) is 11.3 Å². The fourth-order valence-corrected chi connectivity index (χ4v) is 1.59. The van der Waals surface area contributed by atoms with Crippen LogP contribution in [0.1, 0.15) is 17.2 Å². The van der Waals surface area contributed by atoms with Gasteiger partial charge in [0.05, 0.1) is 0 Å². The number of rotatable bonds is 2. The van der Waals surface area contributed by atoms with Gasteiger partial charge in [-0.25, -0.2) is 4.98 Å². The van der Waals surface area contributed by atoms with Crippen molar-refractivity contribution in [1.29, 1.82) is 5.26 Å². The Balaban J connectivity index is 2.05. The van der Waals surface area contributed by atoms with Crippen LogP contribution in [-0.2, 0) is 0 Å². The van der Waals surface area contributed by atoms with Gasteiger partial charge in [-0.2, -0.15) is 5.26 Å². The molecule has 3 nitrogen and oxygen atoms in total. The van der Waals surface area contributed by atoms with Crippen LogP contribution < -0.4 is 0 Å². The summed E-state index contributed by atoms with van der Waals surface area (Å²) in [6, 6.07) is 5.76. The van der Waals surface area contributed by atoms with Gasteiger partial charge in [0, 0.05) is 25.2 Å². The number of aromatic nitrogens is 1. The van der Waals surface area contributed by atoms with Gasteiger partial charge < -0.3 is 4.90 Å². The van der Waals surface area contributed by atoms with Gasteiger partial charge in [-0.05, 0) is 17.8 Å². The van der Waals surface area contributed by atoms with Crippen LogP contribution in [0.15, 0.2) is 31.1 Å². The van der Waals surface area contributed by atoms with Crippen LogP contribution in [0.4, 0.5) is 0 Å². The summed E-state index contributed by atoms with van der Waals surface area (Å²) in [4.78, 5) is 6.20. The SMILES string of the molecule is C=CN1CC(c2ccc(C#N)nc2)C1. The molecule has 14 heavy (non-hydrogen) atoms. The van der Waals surface area contributed by atoms with Crippen LogP contribution in [0.3, 0.4) is 0 Å². The molecule has 0 N–H and O–H groups in total. The average Bonchev–Trinajstić information content (AvgIpc) is 2.17. The second kappa shape index (κ2) is 3.51. The van der Waals surface area contributed by atoms with Gasteiger partial charge in [0.2, 0.25) is 0 Å². The first-order valence-electron chi connectivity index (χ1n) is 4.56. The van der Waals surface area contributed by atoms with Gasteiger partial charge in [-0.15, -0.1) is 0 Å². The Labute approximate surface area is 83.3 Å². The fraction of sp³-hybridized carbons (Fsp3) is 0.273. The lowest BCUT2D eigenvalue weighted by molar-refractivity contribution is 0.221. The maximum absolute atomic E-state index is 8.58. The van der Waals surface area contributed by atoms with Gasteiger partial charge in [-0.3, -0.25) is 0 Å². The molecule has 1 saturated heterocycles. The molecule has 1 aliphatic rings. The third kappa shape index (κ3) is 1.47. The molecule has 0 radical (unpaired) electrons. The number of nitriles is 1. The van der Waals surface area contributed by atoms with E-state index in [1.807, 2.05) is 18.3 Å². The lowest BCUT2D eigenvalue weighted by atomic mass is 9.93. The van der Waals surface area contributed by atoms with E-state index in [-0.39, 0.29) is 0 Å². The Morgan fingerprint density at radius 1 is 1.57 bits per heavy atom. The lowest BCUT2D eigenvalue weighted by Gasteiger charge is -2.38. The molecule has 0 atom stereocenters. The van der Waals surface area contributed by atoms with E-state index in [9.17, 15) is 0 Å². The highest BCUT2D eigenvalue weighted by Crippen LogP contribution is 2.26. The maximum atomic E-state index is 8.58. The molecule has 3 heteroatoms. The summed E-state index contributed by atoms with van der Waals surface area (Å²) >= 11 is 0. The zero-order chi connectivity index (χ0) is 9.97. The van der Waals surface area contributed by atoms with Crippen LogP contribution >= 0.6 is 0 Å². The minimum absolute atomic E-state index is 0.480. The van der Waals surface area contributed by atoms with Crippen molar-refractivity contribution in [2.45, 2.75) is 5.92 Å². The normalized spacial score (nSPS) is 15.8. The number of hydrogen-bond acceptors (Lipinski definition) is 3. The molecule has 1 fully saturated rings. The monoisotopic (exact) mass is 185 g/mol. The largest absolute Gasteiger partial charge is 0.377 e. The predicted molar refractivity (Wildman–Crippen MR) is 53.5 cm³/mol. The molecule has 0 amide bonds. The summed E-state index contributed by atoms with van der Waals surface area (Å²) in [6.45, 7) is 5.73. The summed E-state index contributed by atoms with van der Waals surface area (Å²) in [7, 11) is 0. The van der Waals surface area contributed by atoms with Crippen LogP contribution in [0.25, 0.3) is 0 Å². The van der Waals surface area contributed by atoms with E-state index in [0.29, 0.717) is 11.6 Å². The highest BCUT2D eigenvalue weighted by Gasteiger charge is 2.25. The molecule has 2 heterocycles. The highest BCUT2D eigenvalue weighted by atomic mass is 15.2.